The van der Waals surface area contributed by atoms with Crippen LogP contribution in [0.2, 0.25) is 5.02 Å². The molecule has 0 fully saturated rings. The molecule has 1 aromatic heterocycles. The summed E-state index contributed by atoms with van der Waals surface area (Å²) in [5.41, 5.74) is 5.30. The first kappa shape index (κ1) is 17.2. The van der Waals surface area contributed by atoms with E-state index in [1.807, 2.05) is 35.1 Å². The van der Waals surface area contributed by atoms with E-state index in [1.54, 1.807) is 0 Å². The Hall–Kier alpha value is -2.26. The van der Waals surface area contributed by atoms with Gasteiger partial charge in [0, 0.05) is 41.5 Å². The van der Waals surface area contributed by atoms with Crippen LogP contribution in [0.1, 0.15) is 37.8 Å². The Labute approximate surface area is 160 Å². The lowest BCUT2D eigenvalue weighted by atomic mass is 9.78. The summed E-state index contributed by atoms with van der Waals surface area (Å²) in [6.07, 6.45) is 4.07. The molecule has 134 valence electrons. The van der Waals surface area contributed by atoms with Gasteiger partial charge in [-0.15, -0.1) is 0 Å². The molecule has 0 saturated carbocycles. The molecule has 2 aromatic carbocycles. The summed E-state index contributed by atoms with van der Waals surface area (Å²) in [5.74, 6) is 0.546. The molecule has 0 N–H and O–H groups in total. The van der Waals surface area contributed by atoms with Gasteiger partial charge in [0.2, 0.25) is 0 Å². The Bertz CT molecular complexity index is 906. The molecular formula is C22H24ClN3. The molecule has 4 heteroatoms. The van der Waals surface area contributed by atoms with Crippen LogP contribution in [0.4, 0.5) is 5.69 Å². The first-order chi connectivity index (χ1) is 12.4. The number of rotatable bonds is 3. The molecule has 0 radical (unpaired) electrons. The van der Waals surface area contributed by atoms with Crippen LogP contribution < -0.4 is 4.90 Å². The van der Waals surface area contributed by atoms with Crippen molar-refractivity contribution in [3.63, 3.8) is 0 Å². The highest BCUT2D eigenvalue weighted by atomic mass is 35.5. The number of hydrogen-bond donors (Lipinski definition) is 0. The molecule has 0 aliphatic carbocycles. The molecule has 3 aromatic rings. The van der Waals surface area contributed by atoms with E-state index in [0.717, 1.165) is 23.8 Å². The summed E-state index contributed by atoms with van der Waals surface area (Å²) < 4.78 is 1.91. The van der Waals surface area contributed by atoms with Gasteiger partial charge in [-0.05, 0) is 41.3 Å². The molecule has 1 aliphatic heterocycles. The molecular weight excluding hydrogens is 342 g/mol. The van der Waals surface area contributed by atoms with Crippen LogP contribution in [0.3, 0.4) is 0 Å². The second-order valence-corrected chi connectivity index (χ2v) is 8.56. The Kier molecular flexibility index (Phi) is 4.28. The molecule has 1 unspecified atom stereocenters. The molecule has 1 aliphatic rings. The van der Waals surface area contributed by atoms with Crippen LogP contribution in [0.25, 0.3) is 5.69 Å². The summed E-state index contributed by atoms with van der Waals surface area (Å²) in [6, 6.07) is 16.6. The summed E-state index contributed by atoms with van der Waals surface area (Å²) in [4.78, 5) is 2.48. The highest BCUT2D eigenvalue weighted by Gasteiger charge is 2.36. The lowest BCUT2D eigenvalue weighted by Crippen LogP contribution is -2.26. The summed E-state index contributed by atoms with van der Waals surface area (Å²) in [5, 5.41) is 5.27. The van der Waals surface area contributed by atoms with Gasteiger partial charge in [-0.3, -0.25) is 0 Å². The lowest BCUT2D eigenvalue weighted by molar-refractivity contribution is 0.332. The number of halogens is 1. The van der Waals surface area contributed by atoms with Crippen molar-refractivity contribution in [2.24, 2.45) is 5.41 Å². The minimum atomic E-state index is 0.248. The van der Waals surface area contributed by atoms with Crippen LogP contribution in [-0.4, -0.2) is 16.3 Å². The maximum absolute atomic E-state index is 5.98. The lowest BCUT2D eigenvalue weighted by Gasteiger charge is -2.28. The topological polar surface area (TPSA) is 21.1 Å². The van der Waals surface area contributed by atoms with E-state index in [2.05, 4.69) is 61.2 Å². The number of aromatic nitrogens is 2. The Morgan fingerprint density at radius 3 is 2.54 bits per heavy atom. The van der Waals surface area contributed by atoms with Crippen LogP contribution in [0.5, 0.6) is 0 Å². The summed E-state index contributed by atoms with van der Waals surface area (Å²) in [6.45, 7) is 8.91. The number of benzene rings is 2. The van der Waals surface area contributed by atoms with Gasteiger partial charge in [0.15, 0.2) is 0 Å². The largest absolute Gasteiger partial charge is 0.366 e. The van der Waals surface area contributed by atoms with E-state index < -0.39 is 0 Å². The molecule has 2 heterocycles. The van der Waals surface area contributed by atoms with Crippen molar-refractivity contribution in [3.8, 4) is 5.69 Å². The van der Waals surface area contributed by atoms with E-state index in [0.29, 0.717) is 5.92 Å². The van der Waals surface area contributed by atoms with Gasteiger partial charge in [-0.1, -0.05) is 50.6 Å². The second kappa shape index (κ2) is 6.48. The van der Waals surface area contributed by atoms with Gasteiger partial charge in [0.1, 0.15) is 0 Å². The fraction of sp³-hybridized carbons (Fsp3) is 0.318. The van der Waals surface area contributed by atoms with Crippen LogP contribution in [0, 0.1) is 5.41 Å². The molecule has 4 rings (SSSR count). The third kappa shape index (κ3) is 3.24. The predicted octanol–water partition coefficient (Wildman–Crippen LogP) is 5.68. The number of nitrogens with zero attached hydrogens (tertiary/aromatic N) is 3. The fourth-order valence-corrected chi connectivity index (χ4v) is 3.90. The number of hydrogen-bond acceptors (Lipinski definition) is 2. The first-order valence-corrected chi connectivity index (χ1v) is 9.43. The third-order valence-electron chi connectivity index (χ3n) is 5.20. The zero-order chi connectivity index (χ0) is 18.3. The van der Waals surface area contributed by atoms with Crippen molar-refractivity contribution >= 4 is 17.3 Å². The van der Waals surface area contributed by atoms with Crippen LogP contribution in [-0.2, 0) is 6.54 Å². The Morgan fingerprint density at radius 1 is 1.08 bits per heavy atom. The fourth-order valence-electron chi connectivity index (χ4n) is 3.77. The molecule has 0 saturated heterocycles. The zero-order valence-corrected chi connectivity index (χ0v) is 16.2. The van der Waals surface area contributed by atoms with Crippen molar-refractivity contribution in [2.75, 3.05) is 11.4 Å². The minimum absolute atomic E-state index is 0.248. The Morgan fingerprint density at radius 2 is 1.81 bits per heavy atom. The smallest absolute Gasteiger partial charge is 0.0646 e. The summed E-state index contributed by atoms with van der Waals surface area (Å²) >= 11 is 5.98. The number of anilines is 1. The van der Waals surface area contributed by atoms with Crippen molar-refractivity contribution in [3.05, 3.63) is 77.1 Å². The SMILES string of the molecule is CC(C)(C)C1CN(Cc2cnn(-c3ccc(Cl)cc3)c2)c2ccccc21. The quantitative estimate of drug-likeness (QED) is 0.595. The Balaban J connectivity index is 1.58. The average Bonchev–Trinajstić information content (AvgIpc) is 3.21. The molecule has 0 spiro atoms. The highest BCUT2D eigenvalue weighted by Crippen LogP contribution is 2.45. The van der Waals surface area contributed by atoms with E-state index in [-0.39, 0.29) is 5.41 Å². The van der Waals surface area contributed by atoms with Crippen molar-refractivity contribution in [1.29, 1.82) is 0 Å². The standard InChI is InChI=1S/C22H24ClN3/c1-22(2,3)20-15-25(21-7-5-4-6-19(20)21)13-16-12-24-26(14-16)18-10-8-17(23)9-11-18/h4-12,14,20H,13,15H2,1-3H3. The van der Waals surface area contributed by atoms with Gasteiger partial charge in [0.05, 0.1) is 11.9 Å². The molecule has 26 heavy (non-hydrogen) atoms. The minimum Gasteiger partial charge on any atom is -0.366 e. The molecule has 3 nitrogen and oxygen atoms in total. The average molecular weight is 366 g/mol. The summed E-state index contributed by atoms with van der Waals surface area (Å²) in [7, 11) is 0. The maximum Gasteiger partial charge on any atom is 0.0646 e. The molecule has 0 amide bonds. The normalized spacial score (nSPS) is 16.8. The van der Waals surface area contributed by atoms with Crippen molar-refractivity contribution in [1.82, 2.24) is 9.78 Å². The van der Waals surface area contributed by atoms with Gasteiger partial charge in [0.25, 0.3) is 0 Å². The van der Waals surface area contributed by atoms with E-state index in [4.69, 9.17) is 11.6 Å². The van der Waals surface area contributed by atoms with Crippen molar-refractivity contribution in [2.45, 2.75) is 33.2 Å². The zero-order valence-electron chi connectivity index (χ0n) is 15.5. The van der Waals surface area contributed by atoms with Gasteiger partial charge >= 0.3 is 0 Å². The van der Waals surface area contributed by atoms with Gasteiger partial charge < -0.3 is 4.90 Å². The van der Waals surface area contributed by atoms with Crippen LogP contribution in [0.15, 0.2) is 60.9 Å². The number of para-hydroxylation sites is 1. The third-order valence-corrected chi connectivity index (χ3v) is 5.45. The van der Waals surface area contributed by atoms with E-state index >= 15 is 0 Å². The predicted molar refractivity (Wildman–Crippen MR) is 108 cm³/mol. The highest BCUT2D eigenvalue weighted by molar-refractivity contribution is 6.30. The first-order valence-electron chi connectivity index (χ1n) is 9.05. The van der Waals surface area contributed by atoms with E-state index in [9.17, 15) is 0 Å². The van der Waals surface area contributed by atoms with Crippen molar-refractivity contribution < 1.29 is 0 Å². The van der Waals surface area contributed by atoms with Gasteiger partial charge in [-0.25, -0.2) is 4.68 Å². The molecule has 0 bridgehead atoms. The number of fused-ring (bicyclic) bond motifs is 1. The van der Waals surface area contributed by atoms with Crippen LogP contribution >= 0.6 is 11.6 Å². The molecule has 1 atom stereocenters. The maximum atomic E-state index is 5.98. The van der Waals surface area contributed by atoms with Gasteiger partial charge in [-0.2, -0.15) is 5.10 Å². The second-order valence-electron chi connectivity index (χ2n) is 8.13. The van der Waals surface area contributed by atoms with E-state index in [1.165, 1.54) is 16.8 Å². The monoisotopic (exact) mass is 365 g/mol.